The van der Waals surface area contributed by atoms with Crippen LogP contribution in [0.25, 0.3) is 10.2 Å². The van der Waals surface area contributed by atoms with Gasteiger partial charge in [0.1, 0.15) is 10.5 Å². The number of rotatable bonds is 9. The van der Waals surface area contributed by atoms with Crippen molar-refractivity contribution in [3.8, 4) is 0 Å². The van der Waals surface area contributed by atoms with Gasteiger partial charge in [-0.3, -0.25) is 18.7 Å². The molecule has 182 valence electrons. The van der Waals surface area contributed by atoms with Gasteiger partial charge >= 0.3 is 5.69 Å². The average Bonchev–Trinajstić information content (AvgIpc) is 3.33. The van der Waals surface area contributed by atoms with E-state index < -0.39 is 0 Å². The third-order valence-corrected chi connectivity index (χ3v) is 7.70. The molecule has 0 aliphatic heterocycles. The number of carbonyl (C=O) groups excluding carboxylic acids is 1. The van der Waals surface area contributed by atoms with Crippen LogP contribution in [0.4, 0.5) is 4.39 Å². The van der Waals surface area contributed by atoms with E-state index in [0.29, 0.717) is 22.3 Å². The second-order valence-corrected chi connectivity index (χ2v) is 10.2. The summed E-state index contributed by atoms with van der Waals surface area (Å²) in [6, 6.07) is 7.95. The minimum absolute atomic E-state index is 0.0130. The molecule has 1 saturated carbocycles. The van der Waals surface area contributed by atoms with Crippen molar-refractivity contribution in [2.45, 2.75) is 65.0 Å². The van der Waals surface area contributed by atoms with Crippen molar-refractivity contribution in [2.24, 2.45) is 11.8 Å². The van der Waals surface area contributed by atoms with Crippen LogP contribution in [-0.2, 0) is 17.9 Å². The largest absolute Gasteiger partial charge is 0.356 e. The number of hydrogen-bond donors (Lipinski definition) is 1. The molecule has 0 spiro atoms. The summed E-state index contributed by atoms with van der Waals surface area (Å²) in [5, 5.41) is 4.86. The van der Waals surface area contributed by atoms with Gasteiger partial charge in [-0.05, 0) is 67.2 Å². The zero-order valence-electron chi connectivity index (χ0n) is 19.6. The van der Waals surface area contributed by atoms with Crippen molar-refractivity contribution < 1.29 is 9.18 Å². The van der Waals surface area contributed by atoms with Gasteiger partial charge in [-0.25, -0.2) is 9.18 Å². The first-order valence-electron chi connectivity index (χ1n) is 12.2. The first-order chi connectivity index (χ1) is 16.5. The second-order valence-electron chi connectivity index (χ2n) is 9.27. The Morgan fingerprint density at radius 2 is 1.91 bits per heavy atom. The SMILES string of the molecule is CCCCCNC(=O)C1CCC(Cn2c(=O)c3sccc3n(Cc3cccc(F)c3)c2=O)CC1. The van der Waals surface area contributed by atoms with Crippen molar-refractivity contribution in [3.05, 3.63) is 67.9 Å². The fraction of sp³-hybridized carbons (Fsp3) is 0.500. The van der Waals surface area contributed by atoms with Crippen molar-refractivity contribution in [3.63, 3.8) is 0 Å². The minimum Gasteiger partial charge on any atom is -0.356 e. The van der Waals surface area contributed by atoms with Crippen LogP contribution in [-0.4, -0.2) is 21.6 Å². The quantitative estimate of drug-likeness (QED) is 0.453. The summed E-state index contributed by atoms with van der Waals surface area (Å²) in [5.41, 5.74) is 0.631. The summed E-state index contributed by atoms with van der Waals surface area (Å²) in [6.07, 6.45) is 6.42. The van der Waals surface area contributed by atoms with Gasteiger partial charge in [0.05, 0.1) is 12.1 Å². The molecule has 0 radical (unpaired) electrons. The monoisotopic (exact) mass is 485 g/mol. The average molecular weight is 486 g/mol. The van der Waals surface area contributed by atoms with Gasteiger partial charge in [0, 0.05) is 19.0 Å². The van der Waals surface area contributed by atoms with Crippen molar-refractivity contribution in [1.29, 1.82) is 0 Å². The van der Waals surface area contributed by atoms with Crippen LogP contribution in [0.3, 0.4) is 0 Å². The molecule has 1 aliphatic rings. The Balaban J connectivity index is 1.48. The number of nitrogens with one attached hydrogen (secondary N) is 1. The van der Waals surface area contributed by atoms with Gasteiger partial charge in [-0.2, -0.15) is 0 Å². The van der Waals surface area contributed by atoms with Crippen molar-refractivity contribution in [2.75, 3.05) is 6.54 Å². The van der Waals surface area contributed by atoms with Gasteiger partial charge in [0.2, 0.25) is 5.91 Å². The molecule has 0 saturated heterocycles. The Bertz CT molecular complexity index is 1250. The fourth-order valence-electron chi connectivity index (χ4n) is 4.86. The Kier molecular flexibility index (Phi) is 7.98. The van der Waals surface area contributed by atoms with Crippen LogP contribution >= 0.6 is 11.3 Å². The normalized spacial score (nSPS) is 18.3. The number of nitrogens with zero attached hydrogens (tertiary/aromatic N) is 2. The molecule has 8 heteroatoms. The molecule has 1 aromatic carbocycles. The standard InChI is InChI=1S/C26H32FN3O3S/c1-2-3-4-13-28-24(31)20-10-8-18(9-11-20)16-30-25(32)23-22(12-14-34-23)29(26(30)33)17-19-6-5-7-21(27)15-19/h5-7,12,14-15,18,20H,2-4,8-11,13,16-17H2,1H3,(H,28,31). The van der Waals surface area contributed by atoms with E-state index in [9.17, 15) is 18.8 Å². The Labute approximate surface area is 202 Å². The smallest absolute Gasteiger partial charge is 0.331 e. The van der Waals surface area contributed by atoms with Crippen LogP contribution in [0.5, 0.6) is 0 Å². The van der Waals surface area contributed by atoms with Crippen LogP contribution < -0.4 is 16.6 Å². The lowest BCUT2D eigenvalue weighted by atomic mass is 9.81. The van der Waals surface area contributed by atoms with E-state index in [1.165, 1.54) is 28.0 Å². The maximum atomic E-state index is 13.7. The van der Waals surface area contributed by atoms with Crippen LogP contribution in [0.15, 0.2) is 45.3 Å². The molecule has 34 heavy (non-hydrogen) atoms. The molecule has 6 nitrogen and oxygen atoms in total. The summed E-state index contributed by atoms with van der Waals surface area (Å²) in [5.74, 6) is -0.0376. The summed E-state index contributed by atoms with van der Waals surface area (Å²) >= 11 is 1.32. The van der Waals surface area contributed by atoms with E-state index >= 15 is 0 Å². The molecular formula is C26H32FN3O3S. The molecule has 3 aromatic rings. The Hall–Kier alpha value is -2.74. The van der Waals surface area contributed by atoms with E-state index in [4.69, 9.17) is 0 Å². The maximum Gasteiger partial charge on any atom is 0.331 e. The van der Waals surface area contributed by atoms with E-state index in [2.05, 4.69) is 12.2 Å². The van der Waals surface area contributed by atoms with Crippen molar-refractivity contribution in [1.82, 2.24) is 14.5 Å². The molecule has 2 aromatic heterocycles. The molecule has 0 bridgehead atoms. The molecule has 1 N–H and O–H groups in total. The number of amides is 1. The molecule has 1 aliphatic carbocycles. The van der Waals surface area contributed by atoms with E-state index in [0.717, 1.165) is 51.5 Å². The molecule has 1 fully saturated rings. The third kappa shape index (κ3) is 5.49. The third-order valence-electron chi connectivity index (χ3n) is 6.80. The number of thiophene rings is 1. The maximum absolute atomic E-state index is 13.7. The lowest BCUT2D eigenvalue weighted by Crippen LogP contribution is -2.42. The first kappa shape index (κ1) is 24.4. The Morgan fingerprint density at radius 1 is 1.12 bits per heavy atom. The van der Waals surface area contributed by atoms with E-state index in [1.807, 2.05) is 5.38 Å². The van der Waals surface area contributed by atoms with Gasteiger partial charge in [-0.1, -0.05) is 31.9 Å². The predicted molar refractivity (Wildman–Crippen MR) is 134 cm³/mol. The van der Waals surface area contributed by atoms with Gasteiger partial charge in [-0.15, -0.1) is 11.3 Å². The van der Waals surface area contributed by atoms with Gasteiger partial charge in [0.25, 0.3) is 5.56 Å². The number of fused-ring (bicyclic) bond motifs is 1. The fourth-order valence-corrected chi connectivity index (χ4v) is 5.70. The van der Waals surface area contributed by atoms with Crippen LogP contribution in [0.2, 0.25) is 0 Å². The van der Waals surface area contributed by atoms with Gasteiger partial charge in [0.15, 0.2) is 0 Å². The molecule has 0 unspecified atom stereocenters. The number of unbranched alkanes of at least 4 members (excludes halogenated alkanes) is 2. The van der Waals surface area contributed by atoms with Crippen molar-refractivity contribution >= 4 is 27.5 Å². The highest BCUT2D eigenvalue weighted by Crippen LogP contribution is 2.30. The number of hydrogen-bond acceptors (Lipinski definition) is 4. The number of carbonyl (C=O) groups is 1. The van der Waals surface area contributed by atoms with E-state index in [-0.39, 0.29) is 41.4 Å². The molecule has 1 amide bonds. The summed E-state index contributed by atoms with van der Waals surface area (Å²) in [4.78, 5) is 39.0. The topological polar surface area (TPSA) is 73.1 Å². The number of halogens is 1. The molecule has 4 rings (SSSR count). The van der Waals surface area contributed by atoms with Crippen LogP contribution in [0, 0.1) is 17.7 Å². The lowest BCUT2D eigenvalue weighted by molar-refractivity contribution is -0.126. The summed E-state index contributed by atoms with van der Waals surface area (Å²) < 4.78 is 17.1. The van der Waals surface area contributed by atoms with Crippen LogP contribution in [0.1, 0.15) is 57.4 Å². The molecule has 0 atom stereocenters. The Morgan fingerprint density at radius 3 is 2.65 bits per heavy atom. The lowest BCUT2D eigenvalue weighted by Gasteiger charge is -2.28. The summed E-state index contributed by atoms with van der Waals surface area (Å²) in [6.45, 7) is 3.42. The highest BCUT2D eigenvalue weighted by Gasteiger charge is 2.27. The highest BCUT2D eigenvalue weighted by atomic mass is 32.1. The zero-order chi connectivity index (χ0) is 24.1. The first-order valence-corrected chi connectivity index (χ1v) is 13.1. The summed E-state index contributed by atoms with van der Waals surface area (Å²) in [7, 11) is 0. The number of aromatic nitrogens is 2. The minimum atomic E-state index is -0.365. The van der Waals surface area contributed by atoms with E-state index in [1.54, 1.807) is 22.8 Å². The molecular weight excluding hydrogens is 453 g/mol. The highest BCUT2D eigenvalue weighted by molar-refractivity contribution is 7.17. The van der Waals surface area contributed by atoms with Gasteiger partial charge < -0.3 is 5.32 Å². The second kappa shape index (κ2) is 11.1. The molecule has 2 heterocycles. The zero-order valence-corrected chi connectivity index (χ0v) is 20.4. The number of benzene rings is 1. The predicted octanol–water partition coefficient (Wildman–Crippen LogP) is 4.52.